The fourth-order valence-electron chi connectivity index (χ4n) is 2.56. The zero-order valence-corrected chi connectivity index (χ0v) is 15.2. The van der Waals surface area contributed by atoms with Gasteiger partial charge in [0.2, 0.25) is 5.88 Å². The number of carbonyl (C=O) groups is 1. The minimum Gasteiger partial charge on any atom is -0.448 e. The van der Waals surface area contributed by atoms with Crippen LogP contribution in [0.25, 0.3) is 11.1 Å². The third-order valence-corrected chi connectivity index (χ3v) is 4.60. The molecule has 0 saturated carbocycles. The summed E-state index contributed by atoms with van der Waals surface area (Å²) in [6, 6.07) is 8.55. The van der Waals surface area contributed by atoms with Gasteiger partial charge in [0.15, 0.2) is 5.69 Å². The van der Waals surface area contributed by atoms with E-state index in [-0.39, 0.29) is 5.69 Å². The average molecular weight is 403 g/mol. The Morgan fingerprint density at radius 2 is 1.96 bits per heavy atom. The molecule has 3 aromatic heterocycles. The van der Waals surface area contributed by atoms with Gasteiger partial charge in [-0.25, -0.2) is 0 Å². The van der Waals surface area contributed by atoms with Gasteiger partial charge in [0, 0.05) is 39.0 Å². The van der Waals surface area contributed by atoms with Crippen LogP contribution >= 0.6 is 23.2 Å². The second kappa shape index (κ2) is 7.30. The number of carbonyl (C=O) groups excluding carboxylic acids is 1. The molecular formula is C18H12Cl2N4O3. The van der Waals surface area contributed by atoms with E-state index >= 15 is 0 Å². The average Bonchev–Trinajstić information content (AvgIpc) is 3.39. The van der Waals surface area contributed by atoms with Crippen LogP contribution in [0.1, 0.15) is 16.1 Å². The first-order valence-electron chi connectivity index (χ1n) is 7.87. The first kappa shape index (κ1) is 17.4. The lowest BCUT2D eigenvalue weighted by atomic mass is 10.2. The molecule has 1 amide bonds. The summed E-state index contributed by atoms with van der Waals surface area (Å²) < 4.78 is 11.8. The zero-order valence-electron chi connectivity index (χ0n) is 13.7. The van der Waals surface area contributed by atoms with E-state index in [2.05, 4.69) is 20.1 Å². The Labute approximate surface area is 163 Å². The molecule has 0 spiro atoms. The summed E-state index contributed by atoms with van der Waals surface area (Å²) in [5, 5.41) is 11.7. The molecule has 0 atom stereocenters. The van der Waals surface area contributed by atoms with Gasteiger partial charge in [-0.3, -0.25) is 14.8 Å². The number of nitrogens with one attached hydrogen (secondary N) is 1. The number of halogens is 2. The molecule has 0 aliphatic carbocycles. The summed E-state index contributed by atoms with van der Waals surface area (Å²) in [7, 11) is 0. The van der Waals surface area contributed by atoms with E-state index in [4.69, 9.17) is 27.6 Å². The number of nitrogens with zero attached hydrogens (tertiary/aromatic N) is 3. The Morgan fingerprint density at radius 3 is 2.70 bits per heavy atom. The third-order valence-electron chi connectivity index (χ3n) is 3.89. The fourth-order valence-corrected chi connectivity index (χ4v) is 3.08. The predicted molar refractivity (Wildman–Crippen MR) is 99.9 cm³/mol. The van der Waals surface area contributed by atoms with Crippen molar-refractivity contribution >= 4 is 35.0 Å². The maximum Gasteiger partial charge on any atom is 0.280 e. The van der Waals surface area contributed by atoms with Crippen molar-refractivity contribution in [3.8, 4) is 11.1 Å². The van der Waals surface area contributed by atoms with E-state index in [1.54, 1.807) is 35.1 Å². The zero-order chi connectivity index (χ0) is 18.8. The molecule has 0 saturated heterocycles. The van der Waals surface area contributed by atoms with Crippen molar-refractivity contribution in [2.45, 2.75) is 6.54 Å². The van der Waals surface area contributed by atoms with Crippen molar-refractivity contribution < 1.29 is 13.7 Å². The van der Waals surface area contributed by atoms with Crippen LogP contribution in [0.3, 0.4) is 0 Å². The minimum atomic E-state index is -0.435. The lowest BCUT2D eigenvalue weighted by molar-refractivity contribution is 0.101. The van der Waals surface area contributed by atoms with E-state index in [0.29, 0.717) is 28.0 Å². The SMILES string of the molecule is O=C(Nc1occc1-c1cnn(Cc2c(Cl)cccc2Cl)c1)c1ccon1. The number of aromatic nitrogens is 3. The Kier molecular flexibility index (Phi) is 4.70. The normalized spacial score (nSPS) is 10.9. The van der Waals surface area contributed by atoms with Crippen LogP contribution in [-0.4, -0.2) is 20.8 Å². The molecule has 0 aliphatic rings. The van der Waals surface area contributed by atoms with Gasteiger partial charge in [0.1, 0.15) is 6.26 Å². The molecular weight excluding hydrogens is 391 g/mol. The minimum absolute atomic E-state index is 0.154. The van der Waals surface area contributed by atoms with Crippen LogP contribution < -0.4 is 5.32 Å². The largest absolute Gasteiger partial charge is 0.448 e. The Balaban J connectivity index is 1.56. The van der Waals surface area contributed by atoms with Crippen molar-refractivity contribution in [2.75, 3.05) is 5.32 Å². The van der Waals surface area contributed by atoms with E-state index in [1.807, 2.05) is 6.20 Å². The van der Waals surface area contributed by atoms with Gasteiger partial charge in [-0.2, -0.15) is 5.10 Å². The van der Waals surface area contributed by atoms with Crippen molar-refractivity contribution in [1.29, 1.82) is 0 Å². The number of anilines is 1. The second-order valence-corrected chi connectivity index (χ2v) is 6.44. The topological polar surface area (TPSA) is 86.1 Å². The Bertz CT molecular complexity index is 1070. The first-order valence-corrected chi connectivity index (χ1v) is 8.62. The van der Waals surface area contributed by atoms with E-state index in [1.165, 1.54) is 18.6 Å². The first-order chi connectivity index (χ1) is 13.1. The Morgan fingerprint density at radius 1 is 1.15 bits per heavy atom. The van der Waals surface area contributed by atoms with Crippen LogP contribution in [0.2, 0.25) is 10.0 Å². The number of hydrogen-bond acceptors (Lipinski definition) is 5. The van der Waals surface area contributed by atoms with Gasteiger partial charge < -0.3 is 8.94 Å². The maximum atomic E-state index is 12.1. The quantitative estimate of drug-likeness (QED) is 0.520. The lowest BCUT2D eigenvalue weighted by Crippen LogP contribution is -2.12. The second-order valence-electron chi connectivity index (χ2n) is 5.63. The highest BCUT2D eigenvalue weighted by Gasteiger charge is 2.17. The van der Waals surface area contributed by atoms with Gasteiger partial charge in [-0.05, 0) is 18.2 Å². The predicted octanol–water partition coefficient (Wildman–Crippen LogP) is 4.74. The van der Waals surface area contributed by atoms with Gasteiger partial charge in [0.25, 0.3) is 5.91 Å². The number of furan rings is 1. The van der Waals surface area contributed by atoms with Gasteiger partial charge in [-0.15, -0.1) is 0 Å². The summed E-state index contributed by atoms with van der Waals surface area (Å²) in [6.45, 7) is 0.414. The van der Waals surface area contributed by atoms with Crippen molar-refractivity contribution in [2.24, 2.45) is 0 Å². The molecule has 0 aliphatic heterocycles. The fraction of sp³-hybridized carbons (Fsp3) is 0.0556. The van der Waals surface area contributed by atoms with Crippen LogP contribution in [0.15, 0.2) is 64.2 Å². The maximum absolute atomic E-state index is 12.1. The molecule has 1 N–H and O–H groups in total. The molecule has 136 valence electrons. The third kappa shape index (κ3) is 3.60. The molecule has 0 fully saturated rings. The van der Waals surface area contributed by atoms with Crippen molar-refractivity contribution in [1.82, 2.24) is 14.9 Å². The molecule has 7 nitrogen and oxygen atoms in total. The van der Waals surface area contributed by atoms with Crippen molar-refractivity contribution in [3.05, 3.63) is 76.6 Å². The summed E-state index contributed by atoms with van der Waals surface area (Å²) in [5.41, 5.74) is 2.38. The molecule has 27 heavy (non-hydrogen) atoms. The molecule has 0 radical (unpaired) electrons. The number of rotatable bonds is 5. The molecule has 1 aromatic carbocycles. The summed E-state index contributed by atoms with van der Waals surface area (Å²) in [4.78, 5) is 12.1. The van der Waals surface area contributed by atoms with Gasteiger partial charge in [-0.1, -0.05) is 34.4 Å². The highest BCUT2D eigenvalue weighted by Crippen LogP contribution is 2.30. The standard InChI is InChI=1S/C18H12Cl2N4O3/c19-14-2-1-3-15(20)13(14)10-24-9-11(8-21-24)12-4-6-26-18(12)22-17(25)16-5-7-27-23-16/h1-9H,10H2,(H,22,25). The van der Waals surface area contributed by atoms with Gasteiger partial charge >= 0.3 is 0 Å². The smallest absolute Gasteiger partial charge is 0.280 e. The highest BCUT2D eigenvalue weighted by molar-refractivity contribution is 6.35. The lowest BCUT2D eigenvalue weighted by Gasteiger charge is -2.06. The molecule has 3 heterocycles. The summed E-state index contributed by atoms with van der Waals surface area (Å²) in [6.07, 6.45) is 6.29. The van der Waals surface area contributed by atoms with Crippen LogP contribution in [-0.2, 0) is 6.54 Å². The molecule has 0 bridgehead atoms. The number of hydrogen-bond donors (Lipinski definition) is 1. The van der Waals surface area contributed by atoms with Crippen LogP contribution in [0.4, 0.5) is 5.88 Å². The van der Waals surface area contributed by atoms with E-state index in [0.717, 1.165) is 11.1 Å². The number of amides is 1. The van der Waals surface area contributed by atoms with Gasteiger partial charge in [0.05, 0.1) is 19.0 Å². The van der Waals surface area contributed by atoms with E-state index in [9.17, 15) is 4.79 Å². The highest BCUT2D eigenvalue weighted by atomic mass is 35.5. The molecule has 4 aromatic rings. The van der Waals surface area contributed by atoms with Crippen LogP contribution in [0, 0.1) is 0 Å². The Hall–Kier alpha value is -3.03. The monoisotopic (exact) mass is 402 g/mol. The molecule has 9 heteroatoms. The van der Waals surface area contributed by atoms with E-state index < -0.39 is 5.91 Å². The molecule has 4 rings (SSSR count). The number of benzene rings is 1. The summed E-state index contributed by atoms with van der Waals surface area (Å²) >= 11 is 12.4. The summed E-state index contributed by atoms with van der Waals surface area (Å²) in [5.74, 6) is -0.145. The van der Waals surface area contributed by atoms with Crippen molar-refractivity contribution in [3.63, 3.8) is 0 Å². The molecule has 0 unspecified atom stereocenters. The van der Waals surface area contributed by atoms with Crippen LogP contribution in [0.5, 0.6) is 0 Å².